The summed E-state index contributed by atoms with van der Waals surface area (Å²) in [6, 6.07) is 3.50. The molecule has 2 N–H and O–H groups in total. The molecule has 0 spiro atoms. The maximum absolute atomic E-state index is 12.6. The first kappa shape index (κ1) is 17.0. The molecule has 2 aromatic heterocycles. The smallest absolute Gasteiger partial charge is 0.268 e. The summed E-state index contributed by atoms with van der Waals surface area (Å²) >= 11 is 0. The van der Waals surface area contributed by atoms with Crippen molar-refractivity contribution in [2.24, 2.45) is 11.7 Å². The minimum absolute atomic E-state index is 0.0567. The molecule has 2 amide bonds. The molecular weight excluding hydrogens is 322 g/mol. The van der Waals surface area contributed by atoms with Crippen LogP contribution in [0.25, 0.3) is 0 Å². The first-order valence-electron chi connectivity index (χ1n) is 8.01. The van der Waals surface area contributed by atoms with Gasteiger partial charge in [0.25, 0.3) is 11.8 Å². The molecule has 25 heavy (non-hydrogen) atoms. The molecule has 130 valence electrons. The monoisotopic (exact) mass is 341 g/mol. The Bertz CT molecular complexity index is 736. The Labute approximate surface area is 145 Å². The summed E-state index contributed by atoms with van der Waals surface area (Å²) in [6.07, 6.45) is 6.71. The molecule has 2 aromatic rings. The molecule has 0 bridgehead atoms. The van der Waals surface area contributed by atoms with Crippen molar-refractivity contribution in [2.75, 3.05) is 26.3 Å². The van der Waals surface area contributed by atoms with E-state index in [9.17, 15) is 9.59 Å². The van der Waals surface area contributed by atoms with E-state index in [0.717, 1.165) is 5.69 Å². The normalized spacial score (nSPS) is 17.8. The largest absolute Gasteiger partial charge is 0.379 e. The van der Waals surface area contributed by atoms with Crippen LogP contribution in [0.3, 0.4) is 0 Å². The van der Waals surface area contributed by atoms with Crippen LogP contribution in [0.4, 0.5) is 0 Å². The molecule has 1 aliphatic rings. The third-order valence-corrected chi connectivity index (χ3v) is 3.99. The highest BCUT2D eigenvalue weighted by atomic mass is 16.5. The van der Waals surface area contributed by atoms with Gasteiger partial charge in [-0.1, -0.05) is 0 Å². The molecule has 0 aromatic carbocycles. The number of carbonyl (C=O) groups excluding carboxylic acids is 2. The Morgan fingerprint density at radius 1 is 1.28 bits per heavy atom. The van der Waals surface area contributed by atoms with Crippen molar-refractivity contribution in [3.8, 4) is 0 Å². The highest BCUT2D eigenvalue weighted by molar-refractivity contribution is 5.93. The first-order valence-corrected chi connectivity index (χ1v) is 8.01. The summed E-state index contributed by atoms with van der Waals surface area (Å²) in [5.41, 5.74) is 6.59. The Hall–Kier alpha value is -2.87. The van der Waals surface area contributed by atoms with Gasteiger partial charge in [0.15, 0.2) is 0 Å². The molecular formula is C17H19N5O3. The van der Waals surface area contributed by atoms with Crippen molar-refractivity contribution in [2.45, 2.75) is 6.42 Å². The van der Waals surface area contributed by atoms with Crippen LogP contribution in [0.2, 0.25) is 0 Å². The fourth-order valence-electron chi connectivity index (χ4n) is 2.74. The second kappa shape index (κ2) is 7.80. The molecule has 1 saturated heterocycles. The second-order valence-corrected chi connectivity index (χ2v) is 5.90. The number of pyridine rings is 1. The third-order valence-electron chi connectivity index (χ3n) is 3.99. The van der Waals surface area contributed by atoms with E-state index in [1.807, 2.05) is 0 Å². The lowest BCUT2D eigenvalue weighted by atomic mass is 10.0. The topological polar surface area (TPSA) is 111 Å². The van der Waals surface area contributed by atoms with Gasteiger partial charge in [0.2, 0.25) is 0 Å². The second-order valence-electron chi connectivity index (χ2n) is 5.90. The van der Waals surface area contributed by atoms with Gasteiger partial charge in [-0.15, -0.1) is 0 Å². The number of amides is 2. The average molecular weight is 341 g/mol. The highest BCUT2D eigenvalue weighted by Crippen LogP contribution is 2.14. The van der Waals surface area contributed by atoms with E-state index >= 15 is 0 Å². The Morgan fingerprint density at radius 3 is 2.84 bits per heavy atom. The standard InChI is InChI=1S/C17H19N5O3/c18-16(23)15-9-20-14(8-21-15)6-12-10-22(4-5-25-11-12)17(24)13-2-1-3-19-7-13/h1-3,7-9,12H,4-6,10-11H2,(H2,18,23)/t12-/m0/s1. The zero-order valence-corrected chi connectivity index (χ0v) is 13.7. The molecule has 8 nitrogen and oxygen atoms in total. The van der Waals surface area contributed by atoms with Crippen molar-refractivity contribution in [1.29, 1.82) is 0 Å². The number of rotatable bonds is 4. The molecule has 0 unspecified atom stereocenters. The summed E-state index contributed by atoms with van der Waals surface area (Å²) in [6.45, 7) is 2.13. The van der Waals surface area contributed by atoms with E-state index in [4.69, 9.17) is 10.5 Å². The van der Waals surface area contributed by atoms with Gasteiger partial charge in [-0.3, -0.25) is 19.6 Å². The number of hydrogen-bond donors (Lipinski definition) is 1. The summed E-state index contributed by atoms with van der Waals surface area (Å²) in [5, 5.41) is 0. The van der Waals surface area contributed by atoms with E-state index in [1.165, 1.54) is 12.4 Å². The van der Waals surface area contributed by atoms with Crippen LogP contribution in [0.5, 0.6) is 0 Å². The molecule has 1 fully saturated rings. The Morgan fingerprint density at radius 2 is 2.16 bits per heavy atom. The van der Waals surface area contributed by atoms with Crippen LogP contribution < -0.4 is 5.73 Å². The quantitative estimate of drug-likeness (QED) is 0.856. The average Bonchev–Trinajstić information content (AvgIpc) is 2.88. The van der Waals surface area contributed by atoms with Crippen molar-refractivity contribution in [3.63, 3.8) is 0 Å². The number of hydrogen-bond acceptors (Lipinski definition) is 6. The van der Waals surface area contributed by atoms with Gasteiger partial charge in [-0.2, -0.15) is 0 Å². The number of primary amides is 1. The lowest BCUT2D eigenvalue weighted by Crippen LogP contribution is -2.36. The molecule has 3 rings (SSSR count). The fraction of sp³-hybridized carbons (Fsp3) is 0.353. The van der Waals surface area contributed by atoms with Crippen LogP contribution in [0.15, 0.2) is 36.9 Å². The van der Waals surface area contributed by atoms with E-state index in [0.29, 0.717) is 38.3 Å². The van der Waals surface area contributed by atoms with E-state index in [2.05, 4.69) is 15.0 Å². The van der Waals surface area contributed by atoms with E-state index in [-0.39, 0.29) is 17.5 Å². The summed E-state index contributed by atoms with van der Waals surface area (Å²) in [5.74, 6) is -0.569. The lowest BCUT2D eigenvalue weighted by Gasteiger charge is -2.23. The molecule has 0 aliphatic carbocycles. The van der Waals surface area contributed by atoms with Crippen LogP contribution in [-0.2, 0) is 11.2 Å². The predicted octanol–water partition coefficient (Wildman–Crippen LogP) is 0.302. The molecule has 0 saturated carbocycles. The minimum atomic E-state index is -0.606. The number of nitrogens with two attached hydrogens (primary N) is 1. The summed E-state index contributed by atoms with van der Waals surface area (Å²) in [4.78, 5) is 37.7. The van der Waals surface area contributed by atoms with Gasteiger partial charge in [0, 0.05) is 37.6 Å². The predicted molar refractivity (Wildman–Crippen MR) is 88.7 cm³/mol. The van der Waals surface area contributed by atoms with Gasteiger partial charge in [0.1, 0.15) is 5.69 Å². The van der Waals surface area contributed by atoms with Gasteiger partial charge in [-0.05, 0) is 18.6 Å². The minimum Gasteiger partial charge on any atom is -0.379 e. The van der Waals surface area contributed by atoms with Crippen LogP contribution in [0, 0.1) is 5.92 Å². The van der Waals surface area contributed by atoms with Crippen LogP contribution >= 0.6 is 0 Å². The zero-order chi connectivity index (χ0) is 17.6. The number of carbonyl (C=O) groups is 2. The zero-order valence-electron chi connectivity index (χ0n) is 13.7. The molecule has 1 aliphatic heterocycles. The number of nitrogens with zero attached hydrogens (tertiary/aromatic N) is 4. The Balaban J connectivity index is 1.67. The maximum Gasteiger partial charge on any atom is 0.268 e. The Kier molecular flexibility index (Phi) is 5.30. The lowest BCUT2D eigenvalue weighted by molar-refractivity contribution is 0.0736. The van der Waals surface area contributed by atoms with Gasteiger partial charge >= 0.3 is 0 Å². The summed E-state index contributed by atoms with van der Waals surface area (Å²) < 4.78 is 5.63. The highest BCUT2D eigenvalue weighted by Gasteiger charge is 2.24. The molecule has 0 radical (unpaired) electrons. The fourth-order valence-corrected chi connectivity index (χ4v) is 2.74. The van der Waals surface area contributed by atoms with Crippen molar-refractivity contribution in [3.05, 3.63) is 53.9 Å². The van der Waals surface area contributed by atoms with Gasteiger partial charge in [-0.25, -0.2) is 4.98 Å². The van der Waals surface area contributed by atoms with Crippen LogP contribution in [-0.4, -0.2) is 58.0 Å². The van der Waals surface area contributed by atoms with Crippen molar-refractivity contribution >= 4 is 11.8 Å². The van der Waals surface area contributed by atoms with Crippen LogP contribution in [0.1, 0.15) is 26.5 Å². The number of aromatic nitrogens is 3. The van der Waals surface area contributed by atoms with Crippen molar-refractivity contribution < 1.29 is 14.3 Å². The molecule has 8 heteroatoms. The maximum atomic E-state index is 12.6. The van der Waals surface area contributed by atoms with Gasteiger partial charge < -0.3 is 15.4 Å². The van der Waals surface area contributed by atoms with E-state index < -0.39 is 5.91 Å². The van der Waals surface area contributed by atoms with Crippen molar-refractivity contribution in [1.82, 2.24) is 19.9 Å². The molecule has 1 atom stereocenters. The summed E-state index contributed by atoms with van der Waals surface area (Å²) in [7, 11) is 0. The molecule has 3 heterocycles. The third kappa shape index (κ3) is 4.36. The first-order chi connectivity index (χ1) is 12.1. The van der Waals surface area contributed by atoms with E-state index in [1.54, 1.807) is 29.4 Å². The van der Waals surface area contributed by atoms with Gasteiger partial charge in [0.05, 0.1) is 30.7 Å². The SMILES string of the molecule is NC(=O)c1cnc(C[C@@H]2COCCN(C(=O)c3cccnc3)C2)cn1. The number of ether oxygens (including phenoxy) is 1.